The summed E-state index contributed by atoms with van der Waals surface area (Å²) in [5.41, 5.74) is 11.0. The molecular formula is C26H32F3N3O. The van der Waals surface area contributed by atoms with Crippen molar-refractivity contribution in [1.29, 1.82) is 0 Å². The van der Waals surface area contributed by atoms with Gasteiger partial charge in [-0.3, -0.25) is 4.90 Å². The molecule has 3 aromatic rings. The maximum atomic E-state index is 12.7. The third-order valence-electron chi connectivity index (χ3n) is 6.38. The van der Waals surface area contributed by atoms with E-state index in [9.17, 15) is 13.2 Å². The maximum Gasteiger partial charge on any atom is 0.573 e. The molecule has 7 heteroatoms. The summed E-state index contributed by atoms with van der Waals surface area (Å²) in [7, 11) is 0. The molecule has 1 aliphatic heterocycles. The summed E-state index contributed by atoms with van der Waals surface area (Å²) in [5.74, 6) is -0.180. The second-order valence-corrected chi connectivity index (χ2v) is 8.79. The van der Waals surface area contributed by atoms with Crippen molar-refractivity contribution in [3.63, 3.8) is 0 Å². The van der Waals surface area contributed by atoms with E-state index < -0.39 is 6.36 Å². The van der Waals surface area contributed by atoms with E-state index in [1.54, 1.807) is 6.07 Å². The summed E-state index contributed by atoms with van der Waals surface area (Å²) >= 11 is 0. The van der Waals surface area contributed by atoms with Crippen molar-refractivity contribution in [3.05, 3.63) is 53.7 Å². The van der Waals surface area contributed by atoms with Crippen LogP contribution in [0.2, 0.25) is 0 Å². The van der Waals surface area contributed by atoms with Gasteiger partial charge in [0.25, 0.3) is 0 Å². The number of rotatable bonds is 8. The number of alkyl halides is 3. The topological polar surface area (TPSA) is 43.4 Å². The predicted octanol–water partition coefficient (Wildman–Crippen LogP) is 6.10. The van der Waals surface area contributed by atoms with Crippen molar-refractivity contribution in [1.82, 2.24) is 9.47 Å². The van der Waals surface area contributed by atoms with Crippen molar-refractivity contribution in [2.75, 3.05) is 19.6 Å². The summed E-state index contributed by atoms with van der Waals surface area (Å²) in [6, 6.07) is 11.3. The Morgan fingerprint density at radius 1 is 1.00 bits per heavy atom. The molecule has 0 aliphatic carbocycles. The number of piperidine rings is 1. The average molecular weight is 460 g/mol. The number of aromatic nitrogens is 1. The summed E-state index contributed by atoms with van der Waals surface area (Å²) in [6.07, 6.45) is 2.67. The molecule has 2 N–H and O–H groups in total. The monoisotopic (exact) mass is 459 g/mol. The van der Waals surface area contributed by atoms with Crippen LogP contribution in [0, 0.1) is 0 Å². The molecule has 1 saturated heterocycles. The number of aryl methyl sites for hydroxylation is 2. The van der Waals surface area contributed by atoms with Crippen molar-refractivity contribution in [3.8, 4) is 16.9 Å². The zero-order valence-corrected chi connectivity index (χ0v) is 19.1. The highest BCUT2D eigenvalue weighted by atomic mass is 19.4. The highest BCUT2D eigenvalue weighted by molar-refractivity contribution is 5.97. The number of nitrogens with two attached hydrogens (primary N) is 1. The fourth-order valence-electron chi connectivity index (χ4n) is 4.80. The number of ether oxygens (including phenoxy) is 1. The first-order valence-corrected chi connectivity index (χ1v) is 11.8. The SMILES string of the molecule is CCc1cc(OC(F)(F)F)ccc1-c1cn(CCCN)c2ccc(CN3CCCCC3)cc12. The highest BCUT2D eigenvalue weighted by Crippen LogP contribution is 2.36. The summed E-state index contributed by atoms with van der Waals surface area (Å²) in [4.78, 5) is 2.50. The lowest BCUT2D eigenvalue weighted by Crippen LogP contribution is -2.29. The maximum absolute atomic E-state index is 12.7. The van der Waals surface area contributed by atoms with Gasteiger partial charge in [0.15, 0.2) is 0 Å². The number of fused-ring (bicyclic) bond motifs is 1. The Kier molecular flexibility index (Phi) is 7.29. The smallest absolute Gasteiger partial charge is 0.406 e. The Morgan fingerprint density at radius 2 is 1.79 bits per heavy atom. The van der Waals surface area contributed by atoms with Gasteiger partial charge >= 0.3 is 6.36 Å². The molecule has 1 aliphatic rings. The molecule has 0 saturated carbocycles. The van der Waals surface area contributed by atoms with Gasteiger partial charge in [0, 0.05) is 35.8 Å². The number of hydrogen-bond acceptors (Lipinski definition) is 3. The van der Waals surface area contributed by atoms with E-state index in [2.05, 4.69) is 38.6 Å². The molecule has 0 spiro atoms. The molecule has 1 aromatic heterocycles. The van der Waals surface area contributed by atoms with Gasteiger partial charge in [-0.25, -0.2) is 0 Å². The van der Waals surface area contributed by atoms with E-state index in [0.29, 0.717) is 13.0 Å². The number of likely N-dealkylation sites (tertiary alicyclic amines) is 1. The molecule has 0 unspecified atom stereocenters. The van der Waals surface area contributed by atoms with Gasteiger partial charge in [0.1, 0.15) is 5.75 Å². The lowest BCUT2D eigenvalue weighted by Gasteiger charge is -2.26. The average Bonchev–Trinajstić information content (AvgIpc) is 3.15. The zero-order valence-electron chi connectivity index (χ0n) is 19.1. The van der Waals surface area contributed by atoms with Crippen LogP contribution in [0.1, 0.15) is 43.7 Å². The van der Waals surface area contributed by atoms with Crippen LogP contribution in [0.4, 0.5) is 13.2 Å². The van der Waals surface area contributed by atoms with Crippen LogP contribution in [0.15, 0.2) is 42.6 Å². The minimum atomic E-state index is -4.70. The Labute approximate surface area is 193 Å². The van der Waals surface area contributed by atoms with Crippen LogP contribution >= 0.6 is 0 Å². The molecule has 2 heterocycles. The first kappa shape index (κ1) is 23.6. The normalized spacial score (nSPS) is 15.3. The van der Waals surface area contributed by atoms with Gasteiger partial charge in [0.05, 0.1) is 0 Å². The molecule has 2 aromatic carbocycles. The molecule has 0 amide bonds. The van der Waals surface area contributed by atoms with Crippen molar-refractivity contribution >= 4 is 10.9 Å². The van der Waals surface area contributed by atoms with Crippen LogP contribution in [-0.2, 0) is 19.5 Å². The number of nitrogens with zero attached hydrogens (tertiary/aromatic N) is 2. The molecule has 0 atom stereocenters. The molecule has 33 heavy (non-hydrogen) atoms. The Hall–Kier alpha value is -2.51. The molecular weight excluding hydrogens is 427 g/mol. The van der Waals surface area contributed by atoms with Crippen LogP contribution in [0.25, 0.3) is 22.0 Å². The molecule has 1 fully saturated rings. The predicted molar refractivity (Wildman–Crippen MR) is 126 cm³/mol. The fourth-order valence-corrected chi connectivity index (χ4v) is 4.80. The van der Waals surface area contributed by atoms with Gasteiger partial charge in [-0.1, -0.05) is 25.5 Å². The molecule has 4 rings (SSSR count). The Balaban J connectivity index is 1.75. The van der Waals surface area contributed by atoms with Gasteiger partial charge in [0.2, 0.25) is 0 Å². The van der Waals surface area contributed by atoms with Crippen molar-refractivity contribution < 1.29 is 17.9 Å². The van der Waals surface area contributed by atoms with Crippen LogP contribution < -0.4 is 10.5 Å². The van der Waals surface area contributed by atoms with Gasteiger partial charge in [-0.15, -0.1) is 13.2 Å². The van der Waals surface area contributed by atoms with Crippen LogP contribution in [0.5, 0.6) is 5.75 Å². The van der Waals surface area contributed by atoms with Gasteiger partial charge in [-0.2, -0.15) is 0 Å². The molecule has 0 bridgehead atoms. The molecule has 178 valence electrons. The van der Waals surface area contributed by atoms with Crippen molar-refractivity contribution in [2.24, 2.45) is 5.73 Å². The van der Waals surface area contributed by atoms with E-state index in [1.165, 1.54) is 37.0 Å². The van der Waals surface area contributed by atoms with Crippen LogP contribution in [0.3, 0.4) is 0 Å². The second kappa shape index (κ2) is 10.2. The third kappa shape index (κ3) is 5.71. The second-order valence-electron chi connectivity index (χ2n) is 8.79. The zero-order chi connectivity index (χ0) is 23.4. The number of halogens is 3. The van der Waals surface area contributed by atoms with E-state index in [1.807, 2.05) is 6.92 Å². The summed E-state index contributed by atoms with van der Waals surface area (Å²) < 4.78 is 44.6. The highest BCUT2D eigenvalue weighted by Gasteiger charge is 2.31. The van der Waals surface area contributed by atoms with E-state index >= 15 is 0 Å². The summed E-state index contributed by atoms with van der Waals surface area (Å²) in [5, 5.41) is 1.13. The first-order chi connectivity index (χ1) is 15.9. The standard InChI is InChI=1S/C26H32F3N3O/c1-2-20-16-21(33-26(27,28)29)8-9-22(20)24-18-32(14-6-11-30)25-10-7-19(15-23(24)25)17-31-12-4-3-5-13-31/h7-10,15-16,18H,2-6,11-14,17,30H2,1H3. The van der Waals surface area contributed by atoms with Crippen molar-refractivity contribution in [2.45, 2.75) is 58.5 Å². The number of hydrogen-bond donors (Lipinski definition) is 1. The lowest BCUT2D eigenvalue weighted by molar-refractivity contribution is -0.274. The van der Waals surface area contributed by atoms with Crippen LogP contribution in [-0.4, -0.2) is 35.5 Å². The van der Waals surface area contributed by atoms with E-state index in [-0.39, 0.29) is 5.75 Å². The molecule has 0 radical (unpaired) electrons. The minimum absolute atomic E-state index is 0.180. The Bertz CT molecular complexity index is 1080. The van der Waals surface area contributed by atoms with Gasteiger partial charge in [-0.05, 0) is 86.3 Å². The molecule has 4 nitrogen and oxygen atoms in total. The van der Waals surface area contributed by atoms with E-state index in [4.69, 9.17) is 5.73 Å². The Morgan fingerprint density at radius 3 is 2.48 bits per heavy atom. The summed E-state index contributed by atoms with van der Waals surface area (Å²) in [6.45, 7) is 6.53. The quantitative estimate of drug-likeness (QED) is 0.442. The fraction of sp³-hybridized carbons (Fsp3) is 0.462. The van der Waals surface area contributed by atoms with E-state index in [0.717, 1.165) is 60.2 Å². The minimum Gasteiger partial charge on any atom is -0.406 e. The largest absolute Gasteiger partial charge is 0.573 e. The third-order valence-corrected chi connectivity index (χ3v) is 6.38. The number of benzene rings is 2. The lowest BCUT2D eigenvalue weighted by atomic mass is 9.96. The van der Waals surface area contributed by atoms with Gasteiger partial charge < -0.3 is 15.0 Å². The first-order valence-electron chi connectivity index (χ1n) is 11.8.